The first-order valence-electron chi connectivity index (χ1n) is 20.6. The number of hydrogen-bond acceptors (Lipinski definition) is 9. The van der Waals surface area contributed by atoms with E-state index in [2.05, 4.69) is 85.4 Å². The van der Waals surface area contributed by atoms with Gasteiger partial charge in [-0.3, -0.25) is 28.8 Å². The molecule has 0 aliphatic rings. The third kappa shape index (κ3) is 47.9. The first kappa shape index (κ1) is 75.2. The zero-order valence-electron chi connectivity index (χ0n) is 39.3. The average Bonchev–Trinajstić information content (AvgIpc) is 3.30. The standard InChI is InChI=1S/C21H24N2O4.C13H18N2O3.C8H7ClO.C2H5I.C2H6.CH2Cl2.CH3.3HI.V/c1-16-6-5-9-18(14-16)21(26)23-12-10-19(24)22-13-11-20(25)27-15-17-7-3-2-4-8-17;14-8-6-12(16)15-9-7-13(17)18-10-11-4-2-1-3-5-11;1-6-3-2-4-7(5-6)8(9)10;1-2-3;1-2;2-1-3;;;;;/h2-9,14H,10-13,15H2,1H3,(H,22,24)(H,23,26);1-5H,6-10,14H2,(H,15,16);2-5H,1H3;2H2,1H3;1-2H3;1H2;1H3;3*1H;/q;;;;;;-1;;;;+2/p-2. The van der Waals surface area contributed by atoms with Crippen molar-refractivity contribution in [1.82, 2.24) is 16.0 Å². The number of alkyl halides is 3. The van der Waals surface area contributed by atoms with Crippen LogP contribution in [0.3, 0.4) is 0 Å². The van der Waals surface area contributed by atoms with Crippen molar-refractivity contribution in [2.45, 2.75) is 73.5 Å². The van der Waals surface area contributed by atoms with E-state index >= 15 is 0 Å². The van der Waals surface area contributed by atoms with E-state index in [0.29, 0.717) is 27.1 Å². The van der Waals surface area contributed by atoms with Gasteiger partial charge in [-0.05, 0) is 59.2 Å². The van der Waals surface area contributed by atoms with Gasteiger partial charge in [-0.25, -0.2) is 0 Å². The first-order valence-corrected chi connectivity index (χ1v) is 32.5. The molecule has 0 spiro atoms. The summed E-state index contributed by atoms with van der Waals surface area (Å²) in [6.07, 6.45) is 0.701. The third-order valence-electron chi connectivity index (χ3n) is 7.32. The summed E-state index contributed by atoms with van der Waals surface area (Å²) in [7, 11) is 0.628. The van der Waals surface area contributed by atoms with Crippen LogP contribution in [0.15, 0.2) is 109 Å². The number of carbonyl (C=O) groups excluding carboxylic acids is 6. The summed E-state index contributed by atoms with van der Waals surface area (Å²) in [6.45, 7) is 11.5. The van der Waals surface area contributed by atoms with E-state index in [4.69, 9.17) is 50.0 Å². The van der Waals surface area contributed by atoms with E-state index in [1.165, 1.54) is 4.43 Å². The van der Waals surface area contributed by atoms with Crippen LogP contribution in [-0.2, 0) is 51.3 Å². The number of halogens is 7. The molecule has 5 N–H and O–H groups in total. The van der Waals surface area contributed by atoms with Crippen LogP contribution in [0.25, 0.3) is 0 Å². The van der Waals surface area contributed by atoms with Crippen molar-refractivity contribution in [1.29, 1.82) is 0 Å². The Bertz CT molecular complexity index is 1890. The van der Waals surface area contributed by atoms with E-state index in [0.717, 1.165) is 22.3 Å². The van der Waals surface area contributed by atoms with Crippen LogP contribution in [0.1, 0.15) is 89.4 Å². The molecule has 0 atom stereocenters. The van der Waals surface area contributed by atoms with Crippen molar-refractivity contribution in [3.8, 4) is 0 Å². The zero-order valence-corrected chi connectivity index (χ0v) is 51.8. The maximum atomic E-state index is 12.0. The molecule has 0 heterocycles. The van der Waals surface area contributed by atoms with Gasteiger partial charge in [0, 0.05) is 50.1 Å². The van der Waals surface area contributed by atoms with Gasteiger partial charge in [0.2, 0.25) is 11.8 Å². The van der Waals surface area contributed by atoms with E-state index in [1.54, 1.807) is 24.3 Å². The molecule has 4 aromatic rings. The van der Waals surface area contributed by atoms with Gasteiger partial charge in [-0.2, -0.15) is 0 Å². The molecule has 0 unspecified atom stereocenters. The molecule has 12 nitrogen and oxygen atoms in total. The van der Waals surface area contributed by atoms with Crippen LogP contribution in [-0.4, -0.2) is 70.8 Å². The molecule has 0 radical (unpaired) electrons. The summed E-state index contributed by atoms with van der Waals surface area (Å²) in [5.74, 6) is -1.28. The number of esters is 2. The van der Waals surface area contributed by atoms with Crippen LogP contribution < -0.4 is 21.7 Å². The van der Waals surface area contributed by atoms with Crippen LogP contribution in [0, 0.1) is 21.3 Å². The fourth-order valence-corrected chi connectivity index (χ4v) is 4.60. The number of ether oxygens (including phenoxy) is 2. The van der Waals surface area contributed by atoms with Crippen molar-refractivity contribution >= 4 is 156 Å². The fourth-order valence-electron chi connectivity index (χ4n) is 4.48. The Morgan fingerprint density at radius 1 is 0.618 bits per heavy atom. The molecule has 0 aromatic heterocycles. The second kappa shape index (κ2) is 54.6. The summed E-state index contributed by atoms with van der Waals surface area (Å²) < 4.78 is 11.4. The number of hydrogen-bond donors (Lipinski definition) is 4. The molecule has 0 bridgehead atoms. The predicted octanol–water partition coefficient (Wildman–Crippen LogP) is 12.0. The van der Waals surface area contributed by atoms with Crippen molar-refractivity contribution in [3.63, 3.8) is 0 Å². The SMILES string of the molecule is CC.CCI.Cc1cccc(C(=O)Cl)c1.Cc1cccc(C(=O)NCCC(=O)NCCC(=O)OCc2ccccc2)c1.ClCCl.I.NCCC(=O)NCCC(=O)OCc1ccccc1.[CH3-].[I][V][I]. The topological polar surface area (TPSA) is 183 Å². The Morgan fingerprint density at radius 2 is 0.971 bits per heavy atom. The van der Waals surface area contributed by atoms with Gasteiger partial charge in [0.05, 0.1) is 18.2 Å². The summed E-state index contributed by atoms with van der Waals surface area (Å²) in [4.78, 5) is 68.4. The Kier molecular flexibility index (Phi) is 60.3. The summed E-state index contributed by atoms with van der Waals surface area (Å²) in [6, 6.07) is 33.3. The average molecular weight is 1490 g/mol. The quantitative estimate of drug-likeness (QED) is 0.0263. The second-order valence-electron chi connectivity index (χ2n) is 12.5. The summed E-state index contributed by atoms with van der Waals surface area (Å²) in [5.41, 5.74) is 10.2. The van der Waals surface area contributed by atoms with Gasteiger partial charge < -0.3 is 38.6 Å². The van der Waals surface area contributed by atoms with E-state index in [1.807, 2.05) is 113 Å². The molecule has 4 aromatic carbocycles. The van der Waals surface area contributed by atoms with Gasteiger partial charge in [0.1, 0.15) is 13.2 Å². The van der Waals surface area contributed by atoms with Crippen LogP contribution in [0.4, 0.5) is 0 Å². The van der Waals surface area contributed by atoms with Gasteiger partial charge in [-0.1, -0.05) is 145 Å². The minimum atomic E-state index is -0.399. The predicted molar refractivity (Wildman–Crippen MR) is 313 cm³/mol. The molecule has 0 aliphatic carbocycles. The van der Waals surface area contributed by atoms with Gasteiger partial charge in [-0.15, -0.1) is 47.2 Å². The molecule has 4 rings (SSSR count). The Balaban J connectivity index is -0.000000278. The van der Waals surface area contributed by atoms with E-state index in [-0.39, 0.29) is 125 Å². The summed E-state index contributed by atoms with van der Waals surface area (Å²) in [5, 5.41) is 7.73. The molecule has 20 heteroatoms. The molecule has 381 valence electrons. The van der Waals surface area contributed by atoms with Gasteiger partial charge >= 0.3 is 61.4 Å². The number of aryl methyl sites for hydroxylation is 2. The second-order valence-corrected chi connectivity index (χ2v) is 26.9. The van der Waals surface area contributed by atoms with E-state index in [9.17, 15) is 28.8 Å². The van der Waals surface area contributed by atoms with Crippen LogP contribution in [0.5, 0.6) is 0 Å². The van der Waals surface area contributed by atoms with Crippen molar-refractivity contribution in [2.75, 3.05) is 35.9 Å². The summed E-state index contributed by atoms with van der Waals surface area (Å²) >= 11 is 21.8. The number of rotatable bonds is 17. The Hall–Kier alpha value is -1.77. The number of benzene rings is 4. The van der Waals surface area contributed by atoms with Gasteiger partial charge in [0.15, 0.2) is 0 Å². The molecular formula is C48H66Cl3I4N4O8V-. The first-order chi connectivity index (χ1) is 31.7. The fraction of sp³-hybridized carbons (Fsp3) is 0.354. The monoisotopic (exact) mass is 1490 g/mol. The Morgan fingerprint density at radius 3 is 1.32 bits per heavy atom. The zero-order chi connectivity index (χ0) is 50.4. The van der Waals surface area contributed by atoms with Crippen molar-refractivity contribution < 1.29 is 47.7 Å². The molecule has 0 fully saturated rings. The molecule has 0 saturated carbocycles. The Labute approximate surface area is 479 Å². The molecule has 68 heavy (non-hydrogen) atoms. The number of carbonyl (C=O) groups is 6. The maximum absolute atomic E-state index is 12.0. The molecular weight excluding hydrogens is 1430 g/mol. The number of nitrogens with two attached hydrogens (primary N) is 1. The minimum absolute atomic E-state index is 0. The molecule has 0 saturated heterocycles. The van der Waals surface area contributed by atoms with Crippen molar-refractivity contribution in [2.24, 2.45) is 5.73 Å². The number of amides is 3. The molecule has 0 aliphatic heterocycles. The van der Waals surface area contributed by atoms with Gasteiger partial charge in [0.25, 0.3) is 11.1 Å². The number of nitrogens with one attached hydrogen (secondary N) is 3. The normalized spacial score (nSPS) is 8.82. The van der Waals surface area contributed by atoms with Crippen LogP contribution in [0.2, 0.25) is 0 Å². The molecule has 3 amide bonds. The van der Waals surface area contributed by atoms with Crippen LogP contribution >= 0.6 is 121 Å². The van der Waals surface area contributed by atoms with E-state index < -0.39 is 5.24 Å². The van der Waals surface area contributed by atoms with Crippen molar-refractivity contribution in [3.05, 3.63) is 150 Å². The third-order valence-corrected chi connectivity index (χ3v) is 7.54.